The molecule has 0 N–H and O–H groups in total. The average Bonchev–Trinajstić information content (AvgIpc) is 3.16. The SMILES string of the molecule is CO/N=C1/OC[C@@H](C(F)F)N1c1cn2c(n1)-c1ccc(Br)cc1OCC2. The number of hydrogen-bond acceptors (Lipinski definition) is 5. The Balaban J connectivity index is 1.79. The molecule has 1 atom stereocenters. The molecule has 3 heterocycles. The van der Waals surface area contributed by atoms with Crippen LogP contribution in [-0.2, 0) is 16.1 Å². The zero-order chi connectivity index (χ0) is 18.3. The van der Waals surface area contributed by atoms with Crippen LogP contribution in [0.25, 0.3) is 11.4 Å². The van der Waals surface area contributed by atoms with Gasteiger partial charge in [0.1, 0.15) is 37.9 Å². The van der Waals surface area contributed by atoms with Gasteiger partial charge in [-0.1, -0.05) is 15.9 Å². The van der Waals surface area contributed by atoms with Gasteiger partial charge in [0.15, 0.2) is 5.82 Å². The molecule has 26 heavy (non-hydrogen) atoms. The molecule has 0 unspecified atom stereocenters. The molecule has 0 radical (unpaired) electrons. The lowest BCUT2D eigenvalue weighted by molar-refractivity contribution is 0.106. The highest BCUT2D eigenvalue weighted by atomic mass is 79.9. The van der Waals surface area contributed by atoms with Gasteiger partial charge in [-0.25, -0.2) is 13.8 Å². The number of fused-ring (bicyclic) bond motifs is 3. The molecule has 1 fully saturated rings. The Hall–Kier alpha value is -2.36. The maximum absolute atomic E-state index is 13.4. The zero-order valence-corrected chi connectivity index (χ0v) is 15.3. The van der Waals surface area contributed by atoms with Crippen LogP contribution in [0.4, 0.5) is 14.6 Å². The molecule has 2 aromatic rings. The van der Waals surface area contributed by atoms with Crippen LogP contribution in [0.3, 0.4) is 0 Å². The quantitative estimate of drug-likeness (QED) is 0.702. The summed E-state index contributed by atoms with van der Waals surface area (Å²) in [4.78, 5) is 10.6. The molecule has 10 heteroatoms. The molecule has 0 bridgehead atoms. The van der Waals surface area contributed by atoms with Gasteiger partial charge < -0.3 is 18.9 Å². The predicted molar refractivity (Wildman–Crippen MR) is 93.5 cm³/mol. The van der Waals surface area contributed by atoms with Crippen molar-refractivity contribution in [1.29, 1.82) is 0 Å². The van der Waals surface area contributed by atoms with E-state index in [0.717, 1.165) is 10.0 Å². The number of benzene rings is 1. The number of imidazole rings is 1. The molecule has 1 aromatic heterocycles. The third kappa shape index (κ3) is 2.87. The van der Waals surface area contributed by atoms with Crippen LogP contribution in [0.15, 0.2) is 34.0 Å². The van der Waals surface area contributed by atoms with E-state index in [-0.39, 0.29) is 12.6 Å². The Morgan fingerprint density at radius 2 is 2.23 bits per heavy atom. The van der Waals surface area contributed by atoms with Crippen molar-refractivity contribution in [2.24, 2.45) is 5.16 Å². The molecule has 0 saturated carbocycles. The zero-order valence-electron chi connectivity index (χ0n) is 13.7. The Labute approximate surface area is 156 Å². The van der Waals surface area contributed by atoms with E-state index in [1.54, 1.807) is 6.20 Å². The predicted octanol–water partition coefficient (Wildman–Crippen LogP) is 3.09. The standard InChI is InChI=1S/C16H15BrF2N4O3/c1-24-21-16-23(11(8-26-16)14(18)19)13-7-22-4-5-25-12-6-9(17)2-3-10(12)15(22)20-13/h2-3,6-7,11,14H,4-5,8H2,1H3/b21-16+/t11-/m0/s1. The topological polar surface area (TPSA) is 61.1 Å². The first-order valence-corrected chi connectivity index (χ1v) is 8.69. The number of rotatable bonds is 3. The van der Waals surface area contributed by atoms with Crippen LogP contribution in [0.5, 0.6) is 5.75 Å². The van der Waals surface area contributed by atoms with E-state index in [1.807, 2.05) is 22.8 Å². The summed E-state index contributed by atoms with van der Waals surface area (Å²) in [6.45, 7) is 0.800. The fraction of sp³-hybridized carbons (Fsp3) is 0.375. The Morgan fingerprint density at radius 3 is 3.00 bits per heavy atom. The largest absolute Gasteiger partial charge is 0.491 e. The highest BCUT2D eigenvalue weighted by Gasteiger charge is 2.41. The monoisotopic (exact) mass is 428 g/mol. The van der Waals surface area contributed by atoms with Gasteiger partial charge in [0.25, 0.3) is 6.43 Å². The maximum Gasteiger partial charge on any atom is 0.333 e. The minimum absolute atomic E-state index is 0.0293. The van der Waals surface area contributed by atoms with Crippen molar-refractivity contribution < 1.29 is 23.1 Å². The van der Waals surface area contributed by atoms with Gasteiger partial charge in [-0.2, -0.15) is 0 Å². The highest BCUT2D eigenvalue weighted by molar-refractivity contribution is 9.10. The summed E-state index contributed by atoms with van der Waals surface area (Å²) in [6.07, 6.45) is -0.918. The number of aromatic nitrogens is 2. The molecular formula is C16H15BrF2N4O3. The maximum atomic E-state index is 13.4. The number of anilines is 1. The number of ether oxygens (including phenoxy) is 2. The molecule has 0 spiro atoms. The van der Waals surface area contributed by atoms with Crippen LogP contribution < -0.4 is 9.64 Å². The molecule has 138 valence electrons. The summed E-state index contributed by atoms with van der Waals surface area (Å²) >= 11 is 3.42. The number of halogens is 3. The molecule has 0 amide bonds. The Morgan fingerprint density at radius 1 is 1.38 bits per heavy atom. The van der Waals surface area contributed by atoms with Crippen LogP contribution in [-0.4, -0.2) is 48.4 Å². The summed E-state index contributed by atoms with van der Waals surface area (Å²) in [6, 6.07) is 4.41. The van der Waals surface area contributed by atoms with E-state index in [2.05, 4.69) is 26.1 Å². The lowest BCUT2D eigenvalue weighted by Crippen LogP contribution is -2.39. The molecule has 1 saturated heterocycles. The molecular weight excluding hydrogens is 414 g/mol. The number of hydrogen-bond donors (Lipinski definition) is 0. The summed E-state index contributed by atoms with van der Waals surface area (Å²) in [7, 11) is 1.33. The molecule has 2 aliphatic rings. The second-order valence-corrected chi connectivity index (χ2v) is 6.66. The van der Waals surface area contributed by atoms with E-state index < -0.39 is 12.5 Å². The van der Waals surface area contributed by atoms with Gasteiger partial charge in [0, 0.05) is 10.7 Å². The van der Waals surface area contributed by atoms with Gasteiger partial charge in [-0.15, -0.1) is 0 Å². The third-order valence-electron chi connectivity index (χ3n) is 4.17. The summed E-state index contributed by atoms with van der Waals surface area (Å²) in [5.74, 6) is 1.65. The average molecular weight is 429 g/mol. The lowest BCUT2D eigenvalue weighted by atomic mass is 10.2. The number of oxime groups is 1. The van der Waals surface area contributed by atoms with Gasteiger partial charge in [0.05, 0.1) is 12.1 Å². The summed E-state index contributed by atoms with van der Waals surface area (Å²) in [5.41, 5.74) is 0.788. The highest BCUT2D eigenvalue weighted by Crippen LogP contribution is 2.36. The van der Waals surface area contributed by atoms with Crippen molar-refractivity contribution >= 4 is 27.8 Å². The molecule has 7 nitrogen and oxygen atoms in total. The number of alkyl halides is 2. The van der Waals surface area contributed by atoms with Crippen molar-refractivity contribution in [1.82, 2.24) is 9.55 Å². The van der Waals surface area contributed by atoms with Crippen LogP contribution in [0.2, 0.25) is 0 Å². The second-order valence-electron chi connectivity index (χ2n) is 5.74. The van der Waals surface area contributed by atoms with Crippen molar-refractivity contribution in [3.8, 4) is 17.1 Å². The Bertz CT molecular complexity index is 858. The first kappa shape index (κ1) is 17.1. The second kappa shape index (κ2) is 6.75. The van der Waals surface area contributed by atoms with Crippen molar-refractivity contribution in [3.05, 3.63) is 28.9 Å². The molecule has 2 aliphatic heterocycles. The van der Waals surface area contributed by atoms with E-state index in [4.69, 9.17) is 14.3 Å². The fourth-order valence-electron chi connectivity index (χ4n) is 3.01. The number of amidine groups is 1. The number of nitrogens with zero attached hydrogens (tertiary/aromatic N) is 4. The smallest absolute Gasteiger partial charge is 0.333 e. The van der Waals surface area contributed by atoms with E-state index in [0.29, 0.717) is 30.5 Å². The van der Waals surface area contributed by atoms with Crippen LogP contribution >= 0.6 is 15.9 Å². The minimum Gasteiger partial charge on any atom is -0.491 e. The molecule has 4 rings (SSSR count). The lowest BCUT2D eigenvalue weighted by Gasteiger charge is -2.19. The third-order valence-corrected chi connectivity index (χ3v) is 4.66. The molecule has 0 aliphatic carbocycles. The molecule has 1 aromatic carbocycles. The Kier molecular flexibility index (Phi) is 4.43. The minimum atomic E-state index is -2.62. The van der Waals surface area contributed by atoms with Crippen LogP contribution in [0.1, 0.15) is 0 Å². The van der Waals surface area contributed by atoms with E-state index in [1.165, 1.54) is 12.0 Å². The van der Waals surface area contributed by atoms with Crippen molar-refractivity contribution in [2.45, 2.75) is 19.0 Å². The van der Waals surface area contributed by atoms with Gasteiger partial charge in [0.2, 0.25) is 0 Å². The summed E-state index contributed by atoms with van der Waals surface area (Å²) in [5, 5.41) is 3.70. The first-order valence-electron chi connectivity index (χ1n) is 7.89. The van der Waals surface area contributed by atoms with Gasteiger partial charge in [-0.3, -0.25) is 4.90 Å². The van der Waals surface area contributed by atoms with Crippen molar-refractivity contribution in [2.75, 3.05) is 25.2 Å². The van der Waals surface area contributed by atoms with E-state index in [9.17, 15) is 8.78 Å². The first-order chi connectivity index (χ1) is 12.6. The van der Waals surface area contributed by atoms with Crippen LogP contribution in [0, 0.1) is 0 Å². The summed E-state index contributed by atoms with van der Waals surface area (Å²) < 4.78 is 40.7. The van der Waals surface area contributed by atoms with Gasteiger partial charge >= 0.3 is 6.02 Å². The van der Waals surface area contributed by atoms with E-state index >= 15 is 0 Å². The fourth-order valence-corrected chi connectivity index (χ4v) is 3.35. The normalized spacial score (nSPS) is 20.4. The van der Waals surface area contributed by atoms with Gasteiger partial charge in [-0.05, 0) is 23.4 Å². The van der Waals surface area contributed by atoms with Crippen molar-refractivity contribution in [3.63, 3.8) is 0 Å².